The molecule has 2 atom stereocenters. The van der Waals surface area contributed by atoms with Gasteiger partial charge < -0.3 is 4.74 Å². The standard InChI is InChI=1S/C23H32N2O3/c1-22(2,3)28-21(27)25-18(17-10-7-6-8-11-17)14-19(20(25)15-26)24-13-9-12-23(4,5)16-24/h6-8,10-11,18-19H,9,12-14,16H2,1-5H3. The third-order valence-electron chi connectivity index (χ3n) is 5.58. The molecule has 2 aliphatic rings. The van der Waals surface area contributed by atoms with Gasteiger partial charge in [0.15, 0.2) is 0 Å². The molecule has 152 valence electrons. The lowest BCUT2D eigenvalue weighted by Crippen LogP contribution is -2.46. The topological polar surface area (TPSA) is 49.9 Å². The Kier molecular flexibility index (Phi) is 5.69. The van der Waals surface area contributed by atoms with Crippen LogP contribution in [0.15, 0.2) is 36.0 Å². The second kappa shape index (κ2) is 7.73. The normalized spacial score (nSPS) is 25.5. The highest BCUT2D eigenvalue weighted by molar-refractivity contribution is 5.76. The first kappa shape index (κ1) is 20.6. The average Bonchev–Trinajstić information content (AvgIpc) is 3.00. The van der Waals surface area contributed by atoms with Crippen LogP contribution in [0.5, 0.6) is 0 Å². The minimum atomic E-state index is -0.627. The summed E-state index contributed by atoms with van der Waals surface area (Å²) >= 11 is 0. The van der Waals surface area contributed by atoms with E-state index in [2.05, 4.69) is 24.7 Å². The van der Waals surface area contributed by atoms with Crippen LogP contribution in [0, 0.1) is 5.41 Å². The molecule has 1 aromatic carbocycles. The minimum Gasteiger partial charge on any atom is -0.443 e. The molecule has 0 aromatic heterocycles. The Morgan fingerprint density at radius 3 is 2.43 bits per heavy atom. The molecule has 1 aromatic rings. The van der Waals surface area contributed by atoms with Gasteiger partial charge in [0.05, 0.1) is 12.1 Å². The van der Waals surface area contributed by atoms with Crippen molar-refractivity contribution < 1.29 is 14.3 Å². The zero-order chi connectivity index (χ0) is 20.5. The number of amides is 1. The molecule has 0 bridgehead atoms. The molecule has 2 unspecified atom stereocenters. The van der Waals surface area contributed by atoms with Crippen molar-refractivity contribution in [3.05, 3.63) is 41.6 Å². The molecule has 5 heteroatoms. The van der Waals surface area contributed by atoms with Crippen LogP contribution in [0.25, 0.3) is 0 Å². The van der Waals surface area contributed by atoms with Crippen molar-refractivity contribution in [3.8, 4) is 0 Å². The lowest BCUT2D eigenvalue weighted by atomic mass is 9.83. The average molecular weight is 385 g/mol. The number of carbonyl (C=O) groups excluding carboxylic acids is 2. The predicted molar refractivity (Wildman–Crippen MR) is 109 cm³/mol. The van der Waals surface area contributed by atoms with E-state index in [0.717, 1.165) is 25.1 Å². The van der Waals surface area contributed by atoms with Gasteiger partial charge in [-0.3, -0.25) is 9.80 Å². The Labute approximate surface area is 168 Å². The molecule has 0 radical (unpaired) electrons. The van der Waals surface area contributed by atoms with E-state index < -0.39 is 11.7 Å². The number of rotatable bonds is 2. The number of piperidine rings is 1. The smallest absolute Gasteiger partial charge is 0.415 e. The molecular weight excluding hydrogens is 352 g/mol. The molecule has 0 aliphatic carbocycles. The van der Waals surface area contributed by atoms with Gasteiger partial charge in [0, 0.05) is 6.54 Å². The van der Waals surface area contributed by atoms with Gasteiger partial charge in [0.2, 0.25) is 0 Å². The van der Waals surface area contributed by atoms with Gasteiger partial charge in [-0.2, -0.15) is 0 Å². The molecule has 1 amide bonds. The van der Waals surface area contributed by atoms with E-state index in [0.29, 0.717) is 12.1 Å². The third-order valence-corrected chi connectivity index (χ3v) is 5.58. The Morgan fingerprint density at radius 1 is 1.18 bits per heavy atom. The molecule has 0 spiro atoms. The summed E-state index contributed by atoms with van der Waals surface area (Å²) in [6, 6.07) is 9.56. The number of hydrogen-bond acceptors (Lipinski definition) is 4. The van der Waals surface area contributed by atoms with Crippen LogP contribution >= 0.6 is 0 Å². The largest absolute Gasteiger partial charge is 0.443 e. The van der Waals surface area contributed by atoms with Gasteiger partial charge in [-0.05, 0) is 57.6 Å². The molecule has 2 saturated heterocycles. The highest BCUT2D eigenvalue weighted by Gasteiger charge is 2.47. The first-order chi connectivity index (χ1) is 13.1. The monoisotopic (exact) mass is 384 g/mol. The van der Waals surface area contributed by atoms with E-state index >= 15 is 0 Å². The lowest BCUT2D eigenvalue weighted by molar-refractivity contribution is 0.0274. The summed E-state index contributed by atoms with van der Waals surface area (Å²) < 4.78 is 5.65. The van der Waals surface area contributed by atoms with Crippen molar-refractivity contribution in [1.29, 1.82) is 0 Å². The highest BCUT2D eigenvalue weighted by atomic mass is 16.6. The van der Waals surface area contributed by atoms with Gasteiger partial charge >= 0.3 is 6.09 Å². The fourth-order valence-electron chi connectivity index (χ4n) is 4.43. The van der Waals surface area contributed by atoms with Crippen molar-refractivity contribution in [1.82, 2.24) is 9.80 Å². The molecule has 0 saturated carbocycles. The summed E-state index contributed by atoms with van der Waals surface area (Å²) in [5.41, 5.74) is 0.992. The van der Waals surface area contributed by atoms with Crippen LogP contribution in [0.3, 0.4) is 0 Å². The van der Waals surface area contributed by atoms with Crippen molar-refractivity contribution >= 4 is 12.0 Å². The van der Waals surface area contributed by atoms with Gasteiger partial charge in [-0.15, -0.1) is 0 Å². The molecule has 2 aliphatic heterocycles. The zero-order valence-corrected chi connectivity index (χ0v) is 17.7. The first-order valence-corrected chi connectivity index (χ1v) is 10.2. The second-order valence-electron chi connectivity index (χ2n) is 9.75. The van der Waals surface area contributed by atoms with Gasteiger partial charge in [-0.1, -0.05) is 44.2 Å². The van der Waals surface area contributed by atoms with E-state index in [-0.39, 0.29) is 17.5 Å². The van der Waals surface area contributed by atoms with Crippen molar-refractivity contribution in [2.75, 3.05) is 13.1 Å². The van der Waals surface area contributed by atoms with E-state index in [1.54, 1.807) is 4.90 Å². The van der Waals surface area contributed by atoms with Crippen molar-refractivity contribution in [2.45, 2.75) is 71.6 Å². The molecule has 0 N–H and O–H groups in total. The molecule has 2 fully saturated rings. The van der Waals surface area contributed by atoms with E-state index in [1.807, 2.05) is 51.1 Å². The van der Waals surface area contributed by atoms with Gasteiger partial charge in [0.25, 0.3) is 0 Å². The summed E-state index contributed by atoms with van der Waals surface area (Å²) in [6.45, 7) is 11.9. The predicted octanol–water partition coefficient (Wildman–Crippen LogP) is 4.57. The molecule has 2 heterocycles. The van der Waals surface area contributed by atoms with Crippen LogP contribution in [-0.4, -0.2) is 46.6 Å². The zero-order valence-electron chi connectivity index (χ0n) is 17.7. The highest BCUT2D eigenvalue weighted by Crippen LogP contribution is 2.43. The second-order valence-corrected chi connectivity index (χ2v) is 9.75. The first-order valence-electron chi connectivity index (χ1n) is 10.2. The maximum Gasteiger partial charge on any atom is 0.415 e. The number of hydrogen-bond donors (Lipinski definition) is 0. The summed E-state index contributed by atoms with van der Waals surface area (Å²) in [5, 5.41) is 0. The number of benzene rings is 1. The van der Waals surface area contributed by atoms with Crippen molar-refractivity contribution in [3.63, 3.8) is 0 Å². The fraction of sp³-hybridized carbons (Fsp3) is 0.609. The lowest BCUT2D eigenvalue weighted by Gasteiger charge is -2.41. The number of likely N-dealkylation sites (tertiary alicyclic amines) is 2. The van der Waals surface area contributed by atoms with Crippen LogP contribution in [-0.2, 0) is 9.53 Å². The van der Waals surface area contributed by atoms with E-state index in [4.69, 9.17) is 4.74 Å². The number of carbonyl (C=O) groups is 1. The Morgan fingerprint density at radius 2 is 1.86 bits per heavy atom. The van der Waals surface area contributed by atoms with E-state index in [1.165, 1.54) is 6.42 Å². The number of nitrogens with zero attached hydrogens (tertiary/aromatic N) is 2. The van der Waals surface area contributed by atoms with Crippen LogP contribution < -0.4 is 0 Å². The van der Waals surface area contributed by atoms with Gasteiger partial charge in [-0.25, -0.2) is 9.59 Å². The van der Waals surface area contributed by atoms with Gasteiger partial charge in [0.1, 0.15) is 17.2 Å². The van der Waals surface area contributed by atoms with E-state index in [9.17, 15) is 9.59 Å². The maximum atomic E-state index is 13.1. The summed E-state index contributed by atoms with van der Waals surface area (Å²) in [5.74, 6) is 2.11. The van der Waals surface area contributed by atoms with Crippen LogP contribution in [0.4, 0.5) is 4.79 Å². The summed E-state index contributed by atoms with van der Waals surface area (Å²) in [4.78, 5) is 29.0. The minimum absolute atomic E-state index is 0.116. The fourth-order valence-corrected chi connectivity index (χ4v) is 4.43. The van der Waals surface area contributed by atoms with Crippen molar-refractivity contribution in [2.24, 2.45) is 5.41 Å². The van der Waals surface area contributed by atoms with Crippen LogP contribution in [0.1, 0.15) is 65.5 Å². The quantitative estimate of drug-likeness (QED) is 0.701. The molecular formula is C23H32N2O3. The SMILES string of the molecule is CC1(C)CCCN(C2CC(c3ccccc3)N(C(=O)OC(C)(C)C)C2=C=O)C1. The Balaban J connectivity index is 1.96. The summed E-state index contributed by atoms with van der Waals surface area (Å²) in [7, 11) is 0. The molecule has 3 rings (SSSR count). The third kappa shape index (κ3) is 4.48. The summed E-state index contributed by atoms with van der Waals surface area (Å²) in [6.07, 6.45) is 2.48. The maximum absolute atomic E-state index is 13.1. The van der Waals surface area contributed by atoms with Crippen LogP contribution in [0.2, 0.25) is 0 Å². The Hall–Kier alpha value is -2.10. The molecule has 28 heavy (non-hydrogen) atoms. The Bertz CT molecular complexity index is 760. The molecule has 5 nitrogen and oxygen atoms in total. The number of ether oxygens (including phenoxy) is 1.